The van der Waals surface area contributed by atoms with Gasteiger partial charge in [-0.15, -0.1) is 0 Å². The second-order valence-electron chi connectivity index (χ2n) is 1.96. The fraction of sp³-hybridized carbons (Fsp3) is 0.167. The predicted molar refractivity (Wildman–Crippen MR) is 41.1 cm³/mol. The van der Waals surface area contributed by atoms with Gasteiger partial charge in [-0.25, -0.2) is 0 Å². The molecule has 1 aromatic heterocycles. The quantitative estimate of drug-likeness (QED) is 0.602. The summed E-state index contributed by atoms with van der Waals surface area (Å²) in [6.07, 6.45) is 0. The molecule has 0 aliphatic carbocycles. The van der Waals surface area contributed by atoms with Crippen molar-refractivity contribution >= 4 is 17.4 Å². The first-order chi connectivity index (χ1) is 4.63. The molecule has 0 saturated carbocycles. The summed E-state index contributed by atoms with van der Waals surface area (Å²) in [4.78, 5) is 10.8. The number of nitrogens with two attached hydrogens (primary N) is 1. The molecular formula is C6H7ClN2O. The van der Waals surface area contributed by atoms with Crippen molar-refractivity contribution in [3.8, 4) is 0 Å². The summed E-state index contributed by atoms with van der Waals surface area (Å²) in [5.74, 6) is 0.300. The van der Waals surface area contributed by atoms with Crippen LogP contribution < -0.4 is 11.3 Å². The highest BCUT2D eigenvalue weighted by atomic mass is 35.5. The topological polar surface area (TPSA) is 48.0 Å². The lowest BCUT2D eigenvalue weighted by Crippen LogP contribution is -2.18. The number of anilines is 1. The van der Waals surface area contributed by atoms with Crippen molar-refractivity contribution in [1.29, 1.82) is 0 Å². The number of halogens is 1. The molecule has 0 aliphatic rings. The summed E-state index contributed by atoms with van der Waals surface area (Å²) in [6, 6.07) is 2.86. The fourth-order valence-corrected chi connectivity index (χ4v) is 0.810. The number of nitrogen functional groups attached to an aromatic ring is 1. The maximum absolute atomic E-state index is 10.8. The number of rotatable bonds is 0. The van der Waals surface area contributed by atoms with Gasteiger partial charge >= 0.3 is 0 Å². The van der Waals surface area contributed by atoms with Crippen molar-refractivity contribution in [2.45, 2.75) is 0 Å². The molecule has 0 aromatic carbocycles. The van der Waals surface area contributed by atoms with E-state index in [9.17, 15) is 4.79 Å². The Morgan fingerprint density at radius 3 is 2.70 bits per heavy atom. The summed E-state index contributed by atoms with van der Waals surface area (Å²) in [7, 11) is 1.57. The molecule has 10 heavy (non-hydrogen) atoms. The molecule has 3 nitrogen and oxygen atoms in total. The van der Waals surface area contributed by atoms with E-state index in [1.165, 1.54) is 16.7 Å². The molecular weight excluding hydrogens is 152 g/mol. The average molecular weight is 159 g/mol. The maximum atomic E-state index is 10.8. The van der Waals surface area contributed by atoms with E-state index in [-0.39, 0.29) is 5.56 Å². The Labute approximate surface area is 63.0 Å². The first-order valence-corrected chi connectivity index (χ1v) is 3.11. The van der Waals surface area contributed by atoms with E-state index in [0.717, 1.165) is 0 Å². The molecule has 0 unspecified atom stereocenters. The SMILES string of the molecule is Cn1c(N)c(Cl)ccc1=O. The van der Waals surface area contributed by atoms with E-state index in [2.05, 4.69) is 0 Å². The lowest BCUT2D eigenvalue weighted by molar-refractivity contribution is 0.875. The third-order valence-corrected chi connectivity index (χ3v) is 1.63. The largest absolute Gasteiger partial charge is 0.384 e. The Hall–Kier alpha value is -0.960. The van der Waals surface area contributed by atoms with Crippen LogP contribution >= 0.6 is 11.6 Å². The molecule has 1 aromatic rings. The van der Waals surface area contributed by atoms with Gasteiger partial charge in [-0.05, 0) is 6.07 Å². The van der Waals surface area contributed by atoms with Gasteiger partial charge in [-0.3, -0.25) is 9.36 Å². The molecule has 0 saturated heterocycles. The van der Waals surface area contributed by atoms with Gasteiger partial charge in [0.1, 0.15) is 5.82 Å². The van der Waals surface area contributed by atoms with Gasteiger partial charge in [0.05, 0.1) is 5.02 Å². The molecule has 54 valence electrons. The third kappa shape index (κ3) is 0.998. The third-order valence-electron chi connectivity index (χ3n) is 1.31. The molecule has 0 spiro atoms. The van der Waals surface area contributed by atoms with Crippen LogP contribution in [0, 0.1) is 0 Å². The zero-order valence-corrected chi connectivity index (χ0v) is 6.22. The smallest absolute Gasteiger partial charge is 0.251 e. The Bertz CT molecular complexity index is 305. The predicted octanol–water partition coefficient (Wildman–Crippen LogP) is 0.621. The monoisotopic (exact) mass is 158 g/mol. The summed E-state index contributed by atoms with van der Waals surface area (Å²) in [5.41, 5.74) is 5.26. The molecule has 1 rings (SSSR count). The number of aromatic nitrogens is 1. The van der Waals surface area contributed by atoms with Crippen LogP contribution in [0.2, 0.25) is 5.02 Å². The van der Waals surface area contributed by atoms with Gasteiger partial charge < -0.3 is 5.73 Å². The normalized spacial score (nSPS) is 9.80. The summed E-state index contributed by atoms with van der Waals surface area (Å²) >= 11 is 5.60. The van der Waals surface area contributed by atoms with Crippen molar-refractivity contribution < 1.29 is 0 Å². The Morgan fingerprint density at radius 1 is 1.60 bits per heavy atom. The molecule has 4 heteroatoms. The van der Waals surface area contributed by atoms with Crippen LogP contribution in [0.5, 0.6) is 0 Å². The molecule has 0 radical (unpaired) electrons. The van der Waals surface area contributed by atoms with Crippen molar-refractivity contribution in [1.82, 2.24) is 4.57 Å². The van der Waals surface area contributed by atoms with E-state index in [4.69, 9.17) is 17.3 Å². The second kappa shape index (κ2) is 2.34. The number of hydrogen-bond acceptors (Lipinski definition) is 2. The van der Waals surface area contributed by atoms with Crippen LogP contribution in [0.25, 0.3) is 0 Å². The van der Waals surface area contributed by atoms with Crippen LogP contribution in [0.1, 0.15) is 0 Å². The maximum Gasteiger partial charge on any atom is 0.251 e. The number of hydrogen-bond donors (Lipinski definition) is 1. The van der Waals surface area contributed by atoms with Crippen LogP contribution in [-0.4, -0.2) is 4.57 Å². The van der Waals surface area contributed by atoms with Gasteiger partial charge in [0.2, 0.25) is 0 Å². The molecule has 0 aliphatic heterocycles. The highest BCUT2D eigenvalue weighted by molar-refractivity contribution is 6.32. The first kappa shape index (κ1) is 7.15. The Balaban J connectivity index is 3.49. The second-order valence-corrected chi connectivity index (χ2v) is 2.37. The average Bonchev–Trinajstić information content (AvgIpc) is 1.93. The molecule has 0 bridgehead atoms. The van der Waals surface area contributed by atoms with Gasteiger partial charge in [0.25, 0.3) is 5.56 Å². The van der Waals surface area contributed by atoms with Crippen molar-refractivity contribution in [3.05, 3.63) is 27.5 Å². The summed E-state index contributed by atoms with van der Waals surface area (Å²) in [5, 5.41) is 0.405. The van der Waals surface area contributed by atoms with Gasteiger partial charge in [-0.1, -0.05) is 11.6 Å². The molecule has 0 amide bonds. The van der Waals surface area contributed by atoms with Crippen LogP contribution in [0.4, 0.5) is 5.82 Å². The molecule has 0 fully saturated rings. The van der Waals surface area contributed by atoms with Gasteiger partial charge in [0.15, 0.2) is 0 Å². The van der Waals surface area contributed by atoms with E-state index in [0.29, 0.717) is 10.8 Å². The summed E-state index contributed by atoms with van der Waals surface area (Å²) < 4.78 is 1.29. The Kier molecular flexibility index (Phi) is 1.68. The minimum absolute atomic E-state index is 0.151. The van der Waals surface area contributed by atoms with E-state index in [1.54, 1.807) is 7.05 Å². The van der Waals surface area contributed by atoms with Crippen LogP contribution in [0.3, 0.4) is 0 Å². The first-order valence-electron chi connectivity index (χ1n) is 2.74. The molecule has 1 heterocycles. The van der Waals surface area contributed by atoms with Crippen LogP contribution in [0.15, 0.2) is 16.9 Å². The molecule has 2 N–H and O–H groups in total. The lowest BCUT2D eigenvalue weighted by Gasteiger charge is -2.02. The van der Waals surface area contributed by atoms with Gasteiger partial charge in [0, 0.05) is 13.1 Å². The number of nitrogens with zero attached hydrogens (tertiary/aromatic N) is 1. The minimum Gasteiger partial charge on any atom is -0.384 e. The van der Waals surface area contributed by atoms with E-state index in [1.807, 2.05) is 0 Å². The lowest BCUT2D eigenvalue weighted by atomic mass is 10.4. The van der Waals surface area contributed by atoms with E-state index >= 15 is 0 Å². The fourth-order valence-electron chi connectivity index (χ4n) is 0.621. The zero-order valence-electron chi connectivity index (χ0n) is 5.47. The van der Waals surface area contributed by atoms with Gasteiger partial charge in [-0.2, -0.15) is 0 Å². The number of pyridine rings is 1. The van der Waals surface area contributed by atoms with E-state index < -0.39 is 0 Å². The minimum atomic E-state index is -0.151. The standard InChI is InChI=1S/C6H7ClN2O/c1-9-5(10)3-2-4(7)6(9)8/h2-3H,8H2,1H3. The highest BCUT2D eigenvalue weighted by Gasteiger charge is 1.98. The Morgan fingerprint density at radius 2 is 2.20 bits per heavy atom. The zero-order chi connectivity index (χ0) is 7.72. The van der Waals surface area contributed by atoms with Crippen molar-refractivity contribution in [2.75, 3.05) is 5.73 Å². The highest BCUT2D eigenvalue weighted by Crippen LogP contribution is 2.13. The van der Waals surface area contributed by atoms with Crippen molar-refractivity contribution in [3.63, 3.8) is 0 Å². The van der Waals surface area contributed by atoms with Crippen molar-refractivity contribution in [2.24, 2.45) is 7.05 Å². The van der Waals surface area contributed by atoms with Crippen LogP contribution in [-0.2, 0) is 7.05 Å². The molecule has 0 atom stereocenters. The summed E-state index contributed by atoms with van der Waals surface area (Å²) in [6.45, 7) is 0.